The molecule has 0 aliphatic heterocycles. The number of aryl methyl sites for hydroxylation is 1. The molecule has 0 saturated carbocycles. The summed E-state index contributed by atoms with van der Waals surface area (Å²) in [5.41, 5.74) is 1.32. The summed E-state index contributed by atoms with van der Waals surface area (Å²) in [6.07, 6.45) is -1.21. The molecule has 33 heavy (non-hydrogen) atoms. The van der Waals surface area contributed by atoms with Crippen molar-refractivity contribution < 1.29 is 36.8 Å². The van der Waals surface area contributed by atoms with Crippen molar-refractivity contribution in [2.75, 3.05) is 0 Å². The number of ketones is 1. The normalized spacial score (nSPS) is 14.4. The van der Waals surface area contributed by atoms with E-state index in [1.807, 2.05) is 6.92 Å². The average molecular weight is 477 g/mol. The van der Waals surface area contributed by atoms with E-state index in [1.165, 1.54) is 38.1 Å². The number of hydrogen-bond donors (Lipinski definition) is 1. The van der Waals surface area contributed by atoms with Gasteiger partial charge in [-0.2, -0.15) is 8.42 Å². The summed E-state index contributed by atoms with van der Waals surface area (Å²) in [7, 11) is -4.29. The van der Waals surface area contributed by atoms with Crippen LogP contribution in [0.5, 0.6) is 5.75 Å². The van der Waals surface area contributed by atoms with Crippen LogP contribution >= 0.6 is 0 Å². The van der Waals surface area contributed by atoms with E-state index in [9.17, 15) is 22.8 Å². The molecule has 0 aliphatic rings. The summed E-state index contributed by atoms with van der Waals surface area (Å²) >= 11 is 0. The third-order valence-electron chi connectivity index (χ3n) is 5.27. The van der Waals surface area contributed by atoms with Gasteiger partial charge in [0, 0.05) is 5.56 Å². The van der Waals surface area contributed by atoms with Crippen molar-refractivity contribution in [1.29, 1.82) is 0 Å². The molecule has 2 aromatic rings. The number of carboxylic acid groups (broad SMARTS) is 1. The summed E-state index contributed by atoms with van der Waals surface area (Å²) in [4.78, 5) is 35.8. The average Bonchev–Trinajstić information content (AvgIpc) is 2.76. The van der Waals surface area contributed by atoms with Crippen LogP contribution in [0.4, 0.5) is 0 Å². The molecule has 2 rings (SSSR count). The number of hydrogen-bond acceptors (Lipinski definition) is 7. The number of carbonyl (C=O) groups excluding carboxylic acids is 2. The fourth-order valence-corrected chi connectivity index (χ4v) is 4.00. The Balaban J connectivity index is 2.16. The van der Waals surface area contributed by atoms with Crippen LogP contribution in [-0.4, -0.2) is 37.4 Å². The van der Waals surface area contributed by atoms with Gasteiger partial charge < -0.3 is 9.84 Å². The van der Waals surface area contributed by atoms with Gasteiger partial charge in [-0.25, -0.2) is 0 Å². The topological polar surface area (TPSA) is 124 Å². The van der Waals surface area contributed by atoms with Gasteiger partial charge in [-0.05, 0) is 37.1 Å². The molecule has 0 heterocycles. The number of benzene rings is 2. The Hall–Kier alpha value is -3.04. The van der Waals surface area contributed by atoms with Gasteiger partial charge in [0.25, 0.3) is 10.1 Å². The highest BCUT2D eigenvalue weighted by molar-refractivity contribution is 7.86. The van der Waals surface area contributed by atoms with Crippen molar-refractivity contribution in [1.82, 2.24) is 0 Å². The smallest absolute Gasteiger partial charge is 0.314 e. The van der Waals surface area contributed by atoms with Crippen molar-refractivity contribution in [3.05, 3.63) is 59.7 Å². The van der Waals surface area contributed by atoms with E-state index < -0.39 is 51.7 Å². The predicted octanol–water partition coefficient (Wildman–Crippen LogP) is 3.87. The van der Waals surface area contributed by atoms with E-state index in [4.69, 9.17) is 14.0 Å². The van der Waals surface area contributed by atoms with E-state index in [0.717, 1.165) is 5.56 Å². The lowest BCUT2D eigenvalue weighted by Gasteiger charge is -2.20. The summed E-state index contributed by atoms with van der Waals surface area (Å²) in [6.45, 7) is 8.08. The van der Waals surface area contributed by atoms with Crippen molar-refractivity contribution in [2.24, 2.45) is 17.8 Å². The van der Waals surface area contributed by atoms with Crippen molar-refractivity contribution in [3.8, 4) is 5.75 Å². The van der Waals surface area contributed by atoms with Gasteiger partial charge in [-0.15, -0.1) is 0 Å². The third kappa shape index (κ3) is 6.72. The summed E-state index contributed by atoms with van der Waals surface area (Å²) in [6, 6.07) is 11.7. The Kier molecular flexibility index (Phi) is 8.51. The molecule has 9 heteroatoms. The Morgan fingerprint density at radius 2 is 1.39 bits per heavy atom. The van der Waals surface area contributed by atoms with E-state index in [-0.39, 0.29) is 10.6 Å². The highest BCUT2D eigenvalue weighted by atomic mass is 32.2. The number of rotatable bonds is 10. The fraction of sp³-hybridized carbons (Fsp3) is 0.375. The molecule has 1 N–H and O–H groups in total. The minimum Gasteiger partial charge on any atom is -0.481 e. The molecule has 0 fully saturated rings. The molecule has 8 nitrogen and oxygen atoms in total. The third-order valence-corrected chi connectivity index (χ3v) is 6.58. The van der Waals surface area contributed by atoms with Gasteiger partial charge in [0.2, 0.25) is 0 Å². The first kappa shape index (κ1) is 26.2. The Labute approximate surface area is 193 Å². The van der Waals surface area contributed by atoms with Crippen molar-refractivity contribution in [3.63, 3.8) is 0 Å². The molecular weight excluding hydrogens is 448 g/mol. The van der Waals surface area contributed by atoms with Gasteiger partial charge in [0.15, 0.2) is 5.78 Å². The van der Waals surface area contributed by atoms with Crippen LogP contribution in [0, 0.1) is 24.7 Å². The molecule has 0 radical (unpaired) electrons. The molecule has 0 aliphatic carbocycles. The largest absolute Gasteiger partial charge is 0.481 e. The SMILES string of the molecule is Cc1ccc(C(=O)C(OS(=O)(=O)c2ccc(OC(=O)C(C)C(C)C(=O)O)cc2)C(C)C)cc1. The van der Waals surface area contributed by atoms with E-state index >= 15 is 0 Å². The highest BCUT2D eigenvalue weighted by Gasteiger charge is 2.31. The monoisotopic (exact) mass is 476 g/mol. The first-order valence-corrected chi connectivity index (χ1v) is 11.8. The second-order valence-electron chi connectivity index (χ2n) is 8.25. The van der Waals surface area contributed by atoms with Gasteiger partial charge in [-0.1, -0.05) is 57.5 Å². The van der Waals surface area contributed by atoms with Crippen molar-refractivity contribution in [2.45, 2.75) is 45.6 Å². The standard InChI is InChI=1S/C24H28O8S/c1-14(2)22(21(25)18-8-6-15(3)7-9-18)32-33(29,30)20-12-10-19(11-13-20)31-24(28)17(5)16(4)23(26)27/h6-14,16-17,22H,1-5H3,(H,26,27). The Morgan fingerprint density at radius 3 is 1.88 bits per heavy atom. The molecular formula is C24H28O8S. The van der Waals surface area contributed by atoms with Gasteiger partial charge in [0.05, 0.1) is 16.7 Å². The minimum absolute atomic E-state index is 0.0551. The van der Waals surface area contributed by atoms with Crippen LogP contribution < -0.4 is 4.74 Å². The molecule has 0 amide bonds. The fourth-order valence-electron chi connectivity index (χ4n) is 2.83. The van der Waals surface area contributed by atoms with Crippen LogP contribution in [0.1, 0.15) is 43.6 Å². The van der Waals surface area contributed by atoms with Crippen LogP contribution in [0.25, 0.3) is 0 Å². The second kappa shape index (κ2) is 10.7. The predicted molar refractivity (Wildman–Crippen MR) is 120 cm³/mol. The summed E-state index contributed by atoms with van der Waals surface area (Å²) in [5.74, 6) is -4.51. The maximum absolute atomic E-state index is 12.9. The number of ether oxygens (including phenoxy) is 1. The zero-order chi connectivity index (χ0) is 24.9. The second-order valence-corrected chi connectivity index (χ2v) is 9.83. The molecule has 2 aromatic carbocycles. The number of carbonyl (C=O) groups is 3. The first-order chi connectivity index (χ1) is 15.3. The van der Waals surface area contributed by atoms with Gasteiger partial charge in [-0.3, -0.25) is 18.6 Å². The zero-order valence-electron chi connectivity index (χ0n) is 19.1. The van der Waals surface area contributed by atoms with Gasteiger partial charge in [0.1, 0.15) is 11.9 Å². The quantitative estimate of drug-likeness (QED) is 0.237. The van der Waals surface area contributed by atoms with E-state index in [0.29, 0.717) is 5.56 Å². The molecule has 3 unspecified atom stereocenters. The lowest BCUT2D eigenvalue weighted by Crippen LogP contribution is -2.32. The minimum atomic E-state index is -4.29. The lowest BCUT2D eigenvalue weighted by molar-refractivity contribution is -0.150. The maximum atomic E-state index is 12.9. The Morgan fingerprint density at radius 1 is 0.848 bits per heavy atom. The molecule has 0 aromatic heterocycles. The molecule has 0 saturated heterocycles. The Bertz CT molecular complexity index is 1100. The molecule has 3 atom stereocenters. The van der Waals surface area contributed by atoms with E-state index in [2.05, 4.69) is 0 Å². The highest BCUT2D eigenvalue weighted by Crippen LogP contribution is 2.24. The zero-order valence-corrected chi connectivity index (χ0v) is 20.0. The first-order valence-electron chi connectivity index (χ1n) is 10.4. The van der Waals surface area contributed by atoms with Gasteiger partial charge >= 0.3 is 11.9 Å². The van der Waals surface area contributed by atoms with Crippen LogP contribution in [0.2, 0.25) is 0 Å². The molecule has 0 spiro atoms. The lowest BCUT2D eigenvalue weighted by atomic mass is 9.96. The van der Waals surface area contributed by atoms with Crippen LogP contribution in [-0.2, 0) is 23.9 Å². The number of carboxylic acids is 1. The van der Waals surface area contributed by atoms with Crippen molar-refractivity contribution >= 4 is 27.8 Å². The summed E-state index contributed by atoms with van der Waals surface area (Å²) < 4.78 is 36.0. The van der Waals surface area contributed by atoms with Crippen LogP contribution in [0.3, 0.4) is 0 Å². The van der Waals surface area contributed by atoms with Crippen LogP contribution in [0.15, 0.2) is 53.4 Å². The number of Topliss-reactive ketones (excluding diaryl/α,β-unsaturated/α-hetero) is 1. The number of esters is 1. The maximum Gasteiger partial charge on any atom is 0.314 e. The number of aliphatic carboxylic acids is 1. The summed E-state index contributed by atoms with van der Waals surface area (Å²) in [5, 5.41) is 9.02. The molecule has 178 valence electrons. The molecule has 0 bridgehead atoms. The van der Waals surface area contributed by atoms with E-state index in [1.54, 1.807) is 38.1 Å².